The Morgan fingerprint density at radius 1 is 1.05 bits per heavy atom. The van der Waals surface area contributed by atoms with Crippen molar-refractivity contribution in [2.24, 2.45) is 5.41 Å². The highest BCUT2D eigenvalue weighted by atomic mass is 35.5. The van der Waals surface area contributed by atoms with Crippen LogP contribution < -0.4 is 0 Å². The van der Waals surface area contributed by atoms with Crippen LogP contribution in [0.2, 0.25) is 5.02 Å². The van der Waals surface area contributed by atoms with Crippen molar-refractivity contribution in [2.75, 3.05) is 5.75 Å². The van der Waals surface area contributed by atoms with E-state index in [0.29, 0.717) is 29.5 Å². The van der Waals surface area contributed by atoms with Crippen molar-refractivity contribution in [1.29, 1.82) is 0 Å². The summed E-state index contributed by atoms with van der Waals surface area (Å²) in [4.78, 5) is 16.0. The number of fused-ring (bicyclic) bond motifs is 1. The SMILES string of the molecule is CC(C)c1ccccc1CC[C@@H](SCC1(CC=O)CC1F)c1cccc(/C=C/c2ccc3ccc(Cl)cc3n2)c1. The number of halogens is 2. The van der Waals surface area contributed by atoms with E-state index in [1.807, 2.05) is 30.3 Å². The lowest BCUT2D eigenvalue weighted by molar-refractivity contribution is -0.108. The molecule has 4 aromatic rings. The van der Waals surface area contributed by atoms with Gasteiger partial charge in [-0.3, -0.25) is 0 Å². The Kier molecular flexibility index (Phi) is 9.07. The molecule has 1 aliphatic rings. The molecule has 1 aromatic heterocycles. The normalized spacial score (nSPS) is 19.4. The molecule has 206 valence electrons. The number of aryl methyl sites for hydroxylation is 1. The molecule has 3 aromatic carbocycles. The fraction of sp³-hybridized carbons (Fsp3) is 0.314. The molecule has 2 unspecified atom stereocenters. The van der Waals surface area contributed by atoms with Crippen LogP contribution in [0.25, 0.3) is 23.1 Å². The van der Waals surface area contributed by atoms with Gasteiger partial charge in [-0.15, -0.1) is 0 Å². The molecule has 40 heavy (non-hydrogen) atoms. The van der Waals surface area contributed by atoms with Gasteiger partial charge >= 0.3 is 0 Å². The molecule has 0 amide bonds. The summed E-state index contributed by atoms with van der Waals surface area (Å²) in [7, 11) is 0. The number of carbonyl (C=O) groups excluding carboxylic acids is 1. The van der Waals surface area contributed by atoms with Gasteiger partial charge in [-0.2, -0.15) is 11.8 Å². The van der Waals surface area contributed by atoms with Crippen molar-refractivity contribution < 1.29 is 9.18 Å². The maximum absolute atomic E-state index is 14.3. The van der Waals surface area contributed by atoms with E-state index in [1.54, 1.807) is 11.8 Å². The van der Waals surface area contributed by atoms with E-state index in [2.05, 4.69) is 74.5 Å². The Bertz CT molecular complexity index is 1520. The first-order chi connectivity index (χ1) is 19.4. The van der Waals surface area contributed by atoms with E-state index in [9.17, 15) is 9.18 Å². The molecule has 0 aliphatic heterocycles. The topological polar surface area (TPSA) is 30.0 Å². The molecule has 1 heterocycles. The number of aldehydes is 1. The zero-order valence-corrected chi connectivity index (χ0v) is 24.6. The Morgan fingerprint density at radius 3 is 2.62 bits per heavy atom. The van der Waals surface area contributed by atoms with Crippen LogP contribution in [0.15, 0.2) is 78.9 Å². The van der Waals surface area contributed by atoms with Crippen molar-refractivity contribution in [3.05, 3.63) is 112 Å². The molecule has 0 N–H and O–H groups in total. The van der Waals surface area contributed by atoms with Gasteiger partial charge in [0.1, 0.15) is 12.5 Å². The average Bonchev–Trinajstić information content (AvgIpc) is 3.60. The Morgan fingerprint density at radius 2 is 1.85 bits per heavy atom. The smallest absolute Gasteiger partial charge is 0.120 e. The minimum absolute atomic E-state index is 0.200. The fourth-order valence-corrected chi connectivity index (χ4v) is 7.09. The minimum atomic E-state index is -0.869. The molecule has 1 fully saturated rings. The van der Waals surface area contributed by atoms with Gasteiger partial charge in [0, 0.05) is 33.2 Å². The van der Waals surface area contributed by atoms with Gasteiger partial charge in [-0.05, 0) is 71.7 Å². The molecule has 0 radical (unpaired) electrons. The van der Waals surface area contributed by atoms with Crippen LogP contribution in [-0.2, 0) is 11.2 Å². The van der Waals surface area contributed by atoms with Gasteiger partial charge in [0.15, 0.2) is 0 Å². The maximum atomic E-state index is 14.3. The van der Waals surface area contributed by atoms with Gasteiger partial charge in [0.05, 0.1) is 11.2 Å². The number of hydrogen-bond acceptors (Lipinski definition) is 3. The highest BCUT2D eigenvalue weighted by Gasteiger charge is 2.54. The van der Waals surface area contributed by atoms with Crippen molar-refractivity contribution in [3.63, 3.8) is 0 Å². The van der Waals surface area contributed by atoms with Crippen LogP contribution in [0.4, 0.5) is 4.39 Å². The zero-order valence-electron chi connectivity index (χ0n) is 23.0. The quantitative estimate of drug-likeness (QED) is 0.158. The number of thioether (sulfide) groups is 1. The lowest BCUT2D eigenvalue weighted by Crippen LogP contribution is -2.11. The summed E-state index contributed by atoms with van der Waals surface area (Å²) in [5.74, 6) is 1.12. The van der Waals surface area contributed by atoms with E-state index in [4.69, 9.17) is 16.6 Å². The molecular weight excluding hydrogens is 537 g/mol. The molecule has 0 spiro atoms. The third kappa shape index (κ3) is 6.85. The van der Waals surface area contributed by atoms with Crippen molar-refractivity contribution in [2.45, 2.75) is 56.9 Å². The summed E-state index contributed by atoms with van der Waals surface area (Å²) >= 11 is 7.96. The number of hydrogen-bond donors (Lipinski definition) is 0. The molecule has 5 rings (SSSR count). The second kappa shape index (κ2) is 12.7. The van der Waals surface area contributed by atoms with Crippen molar-refractivity contribution >= 4 is 52.7 Å². The van der Waals surface area contributed by atoms with Crippen LogP contribution in [0.5, 0.6) is 0 Å². The molecule has 3 atom stereocenters. The largest absolute Gasteiger partial charge is 0.303 e. The zero-order chi connectivity index (χ0) is 28.1. The third-order valence-corrected chi connectivity index (χ3v) is 9.80. The molecule has 1 aliphatic carbocycles. The van der Waals surface area contributed by atoms with Crippen LogP contribution >= 0.6 is 23.4 Å². The number of aromatic nitrogens is 1. The van der Waals surface area contributed by atoms with Crippen LogP contribution in [0.1, 0.15) is 72.2 Å². The fourth-order valence-electron chi connectivity index (χ4n) is 5.35. The number of nitrogens with zero attached hydrogens (tertiary/aromatic N) is 1. The van der Waals surface area contributed by atoms with Gasteiger partial charge in [-0.25, -0.2) is 9.37 Å². The molecular formula is C35H35ClFNOS. The van der Waals surface area contributed by atoms with Crippen molar-refractivity contribution in [3.8, 4) is 0 Å². The first-order valence-corrected chi connectivity index (χ1v) is 15.4. The number of rotatable bonds is 12. The predicted octanol–water partition coefficient (Wildman–Crippen LogP) is 9.91. The van der Waals surface area contributed by atoms with Crippen molar-refractivity contribution in [1.82, 2.24) is 4.98 Å². The summed E-state index contributed by atoms with van der Waals surface area (Å²) < 4.78 is 14.3. The minimum Gasteiger partial charge on any atom is -0.303 e. The molecule has 2 nitrogen and oxygen atoms in total. The second-order valence-electron chi connectivity index (χ2n) is 11.2. The Balaban J connectivity index is 1.37. The second-order valence-corrected chi connectivity index (χ2v) is 12.8. The van der Waals surface area contributed by atoms with E-state index in [0.717, 1.165) is 41.3 Å². The van der Waals surface area contributed by atoms with E-state index >= 15 is 0 Å². The first kappa shape index (κ1) is 28.6. The predicted molar refractivity (Wildman–Crippen MR) is 169 cm³/mol. The van der Waals surface area contributed by atoms with Gasteiger partial charge in [0.25, 0.3) is 0 Å². The number of pyridine rings is 1. The van der Waals surface area contributed by atoms with Gasteiger partial charge in [0.2, 0.25) is 0 Å². The molecule has 1 saturated carbocycles. The van der Waals surface area contributed by atoms with Crippen LogP contribution in [0.3, 0.4) is 0 Å². The van der Waals surface area contributed by atoms with E-state index in [-0.39, 0.29) is 5.25 Å². The maximum Gasteiger partial charge on any atom is 0.120 e. The Hall–Kier alpha value is -2.95. The highest BCUT2D eigenvalue weighted by Crippen LogP contribution is 2.55. The molecule has 0 saturated heterocycles. The summed E-state index contributed by atoms with van der Waals surface area (Å²) in [6, 6.07) is 27.1. The molecule has 5 heteroatoms. The number of alkyl halides is 1. The lowest BCUT2D eigenvalue weighted by atomic mass is 9.93. The Labute approximate surface area is 246 Å². The summed E-state index contributed by atoms with van der Waals surface area (Å²) in [6.07, 6.45) is 6.82. The standard InChI is InChI=1S/C35H35ClFNOS/c1-24(2)31-9-4-3-7-26(31)13-17-33(40-23-35(18-19-39)22-34(35)37)28-8-5-6-25(20-28)10-15-30-16-12-27-11-14-29(36)21-32(27)38-30/h3-12,14-16,19-21,24,33-34H,13,17-18,22-23H2,1-2H3/b15-10+/t33-,34?,35?/m1/s1. The van der Waals surface area contributed by atoms with E-state index in [1.165, 1.54) is 16.7 Å². The number of benzene rings is 3. The monoisotopic (exact) mass is 571 g/mol. The third-order valence-electron chi connectivity index (χ3n) is 7.91. The summed E-state index contributed by atoms with van der Waals surface area (Å²) in [5.41, 5.74) is 6.34. The van der Waals surface area contributed by atoms with E-state index < -0.39 is 11.6 Å². The van der Waals surface area contributed by atoms with Crippen LogP contribution in [0, 0.1) is 5.41 Å². The van der Waals surface area contributed by atoms with Gasteiger partial charge < -0.3 is 4.79 Å². The molecule has 0 bridgehead atoms. The summed E-state index contributed by atoms with van der Waals surface area (Å²) in [6.45, 7) is 4.47. The number of carbonyl (C=O) groups is 1. The first-order valence-electron chi connectivity index (χ1n) is 14.0. The summed E-state index contributed by atoms with van der Waals surface area (Å²) in [5, 5.41) is 1.93. The average molecular weight is 572 g/mol. The van der Waals surface area contributed by atoms with Crippen LogP contribution in [-0.4, -0.2) is 23.2 Å². The van der Waals surface area contributed by atoms with Gasteiger partial charge in [-0.1, -0.05) is 92.2 Å². The lowest BCUT2D eigenvalue weighted by Gasteiger charge is -2.22. The highest BCUT2D eigenvalue weighted by molar-refractivity contribution is 7.99.